The lowest BCUT2D eigenvalue weighted by atomic mass is 10.2. The third-order valence-electron chi connectivity index (χ3n) is 5.81. The molecular formula is C27H33N3O6S. The van der Waals surface area contributed by atoms with Gasteiger partial charge in [0.1, 0.15) is 12.3 Å². The van der Waals surface area contributed by atoms with Crippen molar-refractivity contribution in [2.45, 2.75) is 58.1 Å². The average molecular weight is 528 g/mol. The highest BCUT2D eigenvalue weighted by molar-refractivity contribution is 7.92. The van der Waals surface area contributed by atoms with E-state index in [1.165, 1.54) is 18.3 Å². The van der Waals surface area contributed by atoms with Crippen molar-refractivity contribution in [1.82, 2.24) is 9.47 Å². The molecule has 10 heteroatoms. The number of sulfone groups is 1. The number of carbonyl (C=O) groups is 3. The minimum atomic E-state index is -4.09. The summed E-state index contributed by atoms with van der Waals surface area (Å²) in [5.74, 6) is -2.39. The maximum atomic E-state index is 13.4. The van der Waals surface area contributed by atoms with Gasteiger partial charge in [-0.15, -0.1) is 0 Å². The third kappa shape index (κ3) is 6.37. The van der Waals surface area contributed by atoms with Crippen molar-refractivity contribution >= 4 is 44.2 Å². The molecule has 0 saturated carbocycles. The molecule has 0 atom stereocenters. The lowest BCUT2D eigenvalue weighted by Crippen LogP contribution is -2.43. The average Bonchev–Trinajstić information content (AvgIpc) is 3.18. The maximum absolute atomic E-state index is 13.4. The predicted octanol–water partition coefficient (Wildman–Crippen LogP) is 3.88. The molecule has 0 spiro atoms. The van der Waals surface area contributed by atoms with Gasteiger partial charge in [-0.2, -0.15) is 0 Å². The monoisotopic (exact) mass is 527 g/mol. The number of hydrogen-bond acceptors (Lipinski definition) is 6. The molecule has 198 valence electrons. The van der Waals surface area contributed by atoms with Gasteiger partial charge < -0.3 is 19.5 Å². The van der Waals surface area contributed by atoms with Gasteiger partial charge in [0.15, 0.2) is 9.84 Å². The zero-order chi connectivity index (χ0) is 27.3. The summed E-state index contributed by atoms with van der Waals surface area (Å²) in [5.41, 5.74) is 0.872. The van der Waals surface area contributed by atoms with Gasteiger partial charge in [0, 0.05) is 29.2 Å². The van der Waals surface area contributed by atoms with E-state index >= 15 is 0 Å². The molecule has 0 aliphatic carbocycles. The summed E-state index contributed by atoms with van der Waals surface area (Å²) in [5, 5.41) is 2.94. The first-order valence-electron chi connectivity index (χ1n) is 12.1. The molecule has 0 unspecified atom stereocenters. The first-order valence-corrected chi connectivity index (χ1v) is 13.8. The topological polar surface area (TPSA) is 115 Å². The van der Waals surface area contributed by atoms with Crippen LogP contribution in [0.5, 0.6) is 0 Å². The molecule has 1 heterocycles. The number of para-hydroxylation sites is 2. The van der Waals surface area contributed by atoms with E-state index in [1.54, 1.807) is 52.8 Å². The van der Waals surface area contributed by atoms with Crippen molar-refractivity contribution < 1.29 is 27.5 Å². The van der Waals surface area contributed by atoms with Gasteiger partial charge in [-0.05, 0) is 52.8 Å². The highest BCUT2D eigenvalue weighted by Gasteiger charge is 2.27. The van der Waals surface area contributed by atoms with Crippen molar-refractivity contribution in [2.75, 3.05) is 17.7 Å². The molecule has 0 bridgehead atoms. The summed E-state index contributed by atoms with van der Waals surface area (Å²) in [6.45, 7) is 9.51. The summed E-state index contributed by atoms with van der Waals surface area (Å²) < 4.78 is 33.3. The first-order chi connectivity index (χ1) is 17.5. The van der Waals surface area contributed by atoms with Gasteiger partial charge in [0.25, 0.3) is 0 Å². The number of esters is 1. The van der Waals surface area contributed by atoms with Crippen LogP contribution in [-0.2, 0) is 30.7 Å². The number of rotatable bonds is 10. The number of aromatic nitrogens is 1. The van der Waals surface area contributed by atoms with Crippen LogP contribution in [0.2, 0.25) is 0 Å². The Labute approximate surface area is 217 Å². The van der Waals surface area contributed by atoms with E-state index in [-0.39, 0.29) is 47.3 Å². The SMILES string of the molecule is CCOC(=O)c1ccccc1NC(=O)CS(=O)(=O)c1cn(CC(=O)N(C(C)C)C(C)C)c2ccccc12. The Balaban J connectivity index is 1.89. The summed E-state index contributed by atoms with van der Waals surface area (Å²) in [7, 11) is -4.09. The zero-order valence-electron chi connectivity index (χ0n) is 21.7. The molecule has 0 aliphatic heterocycles. The van der Waals surface area contributed by atoms with Crippen molar-refractivity contribution in [2.24, 2.45) is 0 Å². The molecule has 2 aromatic carbocycles. The Morgan fingerprint density at radius 1 is 0.973 bits per heavy atom. The fraction of sp³-hybridized carbons (Fsp3) is 0.370. The number of anilines is 1. The molecule has 1 N–H and O–H groups in total. The highest BCUT2D eigenvalue weighted by Crippen LogP contribution is 2.27. The van der Waals surface area contributed by atoms with Crippen molar-refractivity contribution in [3.8, 4) is 0 Å². The van der Waals surface area contributed by atoms with Gasteiger partial charge in [-0.25, -0.2) is 13.2 Å². The Hall–Kier alpha value is -3.66. The van der Waals surface area contributed by atoms with Gasteiger partial charge in [-0.1, -0.05) is 30.3 Å². The number of ether oxygens (including phenoxy) is 1. The van der Waals surface area contributed by atoms with Crippen LogP contribution in [-0.4, -0.2) is 60.1 Å². The zero-order valence-corrected chi connectivity index (χ0v) is 22.5. The quantitative estimate of drug-likeness (QED) is 0.400. The lowest BCUT2D eigenvalue weighted by Gasteiger charge is -2.31. The summed E-state index contributed by atoms with van der Waals surface area (Å²) in [6, 6.07) is 13.1. The number of benzene rings is 2. The van der Waals surface area contributed by atoms with Gasteiger partial charge >= 0.3 is 5.97 Å². The number of nitrogens with zero attached hydrogens (tertiary/aromatic N) is 2. The van der Waals surface area contributed by atoms with Crippen molar-refractivity contribution in [1.29, 1.82) is 0 Å². The van der Waals surface area contributed by atoms with Crippen LogP contribution in [0.3, 0.4) is 0 Å². The van der Waals surface area contributed by atoms with E-state index in [9.17, 15) is 22.8 Å². The second-order valence-electron chi connectivity index (χ2n) is 9.20. The van der Waals surface area contributed by atoms with Gasteiger partial charge in [0.05, 0.1) is 22.8 Å². The van der Waals surface area contributed by atoms with Crippen LogP contribution in [0.15, 0.2) is 59.6 Å². The Morgan fingerprint density at radius 2 is 1.59 bits per heavy atom. The molecule has 1 aromatic heterocycles. The first kappa shape index (κ1) is 27.9. The molecule has 3 aromatic rings. The smallest absolute Gasteiger partial charge is 0.340 e. The van der Waals surface area contributed by atoms with E-state index < -0.39 is 27.5 Å². The fourth-order valence-electron chi connectivity index (χ4n) is 4.41. The number of fused-ring (bicyclic) bond motifs is 1. The van der Waals surface area contributed by atoms with E-state index in [4.69, 9.17) is 4.74 Å². The van der Waals surface area contributed by atoms with E-state index in [0.29, 0.717) is 10.9 Å². The Kier molecular flexibility index (Phi) is 8.75. The summed E-state index contributed by atoms with van der Waals surface area (Å²) in [6.07, 6.45) is 1.41. The van der Waals surface area contributed by atoms with E-state index in [2.05, 4.69) is 5.32 Å². The molecule has 37 heavy (non-hydrogen) atoms. The largest absolute Gasteiger partial charge is 0.462 e. The predicted molar refractivity (Wildman–Crippen MR) is 142 cm³/mol. The molecule has 9 nitrogen and oxygen atoms in total. The van der Waals surface area contributed by atoms with Crippen LogP contribution in [0.4, 0.5) is 5.69 Å². The molecule has 2 amide bonds. The minimum Gasteiger partial charge on any atom is -0.462 e. The number of hydrogen-bond donors (Lipinski definition) is 1. The number of nitrogens with one attached hydrogen (secondary N) is 1. The van der Waals surface area contributed by atoms with Crippen molar-refractivity contribution in [3.63, 3.8) is 0 Å². The molecule has 0 aliphatic rings. The third-order valence-corrected chi connectivity index (χ3v) is 7.45. The Morgan fingerprint density at radius 3 is 2.24 bits per heavy atom. The fourth-order valence-corrected chi connectivity index (χ4v) is 5.78. The Bertz CT molecular complexity index is 1400. The van der Waals surface area contributed by atoms with Crippen molar-refractivity contribution in [3.05, 3.63) is 60.3 Å². The second kappa shape index (κ2) is 11.6. The standard InChI is InChI=1S/C27H33N3O6S/c1-6-36-27(33)20-11-7-9-13-22(20)28-25(31)17-37(34,35)24-15-29(23-14-10-8-12-21(23)24)16-26(32)30(18(2)3)19(4)5/h7-15,18-19H,6,16-17H2,1-5H3,(H,28,31). The van der Waals surface area contributed by atoms with E-state index in [1.807, 2.05) is 27.7 Å². The van der Waals surface area contributed by atoms with Crippen LogP contribution in [0.25, 0.3) is 10.9 Å². The normalized spacial score (nSPS) is 11.6. The summed E-state index contributed by atoms with van der Waals surface area (Å²) in [4.78, 5) is 39.8. The van der Waals surface area contributed by atoms with Gasteiger partial charge in [0.2, 0.25) is 11.8 Å². The maximum Gasteiger partial charge on any atom is 0.340 e. The van der Waals surface area contributed by atoms with E-state index in [0.717, 1.165) is 0 Å². The highest BCUT2D eigenvalue weighted by atomic mass is 32.2. The number of carbonyl (C=O) groups excluding carboxylic acids is 3. The molecule has 3 rings (SSSR count). The van der Waals surface area contributed by atoms with Crippen LogP contribution < -0.4 is 5.32 Å². The van der Waals surface area contributed by atoms with Gasteiger partial charge in [-0.3, -0.25) is 9.59 Å². The minimum absolute atomic E-state index is 0.0151. The second-order valence-corrected chi connectivity index (χ2v) is 11.2. The molecule has 0 saturated heterocycles. The molecule has 0 radical (unpaired) electrons. The number of amides is 2. The molecular weight excluding hydrogens is 494 g/mol. The van der Waals surface area contributed by atoms with Crippen LogP contribution >= 0.6 is 0 Å². The lowest BCUT2D eigenvalue weighted by molar-refractivity contribution is -0.135. The summed E-state index contributed by atoms with van der Waals surface area (Å²) >= 11 is 0. The van der Waals surface area contributed by atoms with Crippen LogP contribution in [0.1, 0.15) is 45.0 Å². The molecule has 0 fully saturated rings. The van der Waals surface area contributed by atoms with Crippen LogP contribution in [0, 0.1) is 0 Å².